The Hall–Kier alpha value is -2.87. The van der Waals surface area contributed by atoms with Crippen molar-refractivity contribution >= 4 is 28.5 Å². The largest absolute Gasteiger partial charge is 0.492 e. The summed E-state index contributed by atoms with van der Waals surface area (Å²) in [6.45, 7) is 0.966. The topological polar surface area (TPSA) is 91.0 Å². The van der Waals surface area contributed by atoms with Gasteiger partial charge < -0.3 is 10.1 Å². The molecule has 9 heteroatoms. The number of amides is 1. The highest BCUT2D eigenvalue weighted by Gasteiger charge is 2.09. The first-order valence-electron chi connectivity index (χ1n) is 8.07. The van der Waals surface area contributed by atoms with Gasteiger partial charge in [-0.2, -0.15) is 5.10 Å². The summed E-state index contributed by atoms with van der Waals surface area (Å²) < 4.78 is 8.44. The highest BCUT2D eigenvalue weighted by molar-refractivity contribution is 6.30. The Morgan fingerprint density at radius 3 is 2.85 bits per heavy atom. The molecular weight excluding hydrogens is 358 g/mol. The number of rotatable bonds is 7. The Kier molecular flexibility index (Phi) is 5.52. The van der Waals surface area contributed by atoms with E-state index in [9.17, 15) is 9.59 Å². The standard InChI is InChI=1S/C17H18ClN5O3/c1-22-16-14(10-21-22)17(25)23(11-20-16)8-6-15(24)19-7-9-26-13-4-2-12(18)3-5-13/h2-5,10-11H,6-9H2,1H3,(H,19,24). The zero-order valence-corrected chi connectivity index (χ0v) is 14.9. The van der Waals surface area contributed by atoms with Gasteiger partial charge in [0.15, 0.2) is 5.65 Å². The molecule has 3 rings (SSSR count). The first kappa shape index (κ1) is 17.9. The fourth-order valence-electron chi connectivity index (χ4n) is 2.43. The highest BCUT2D eigenvalue weighted by Crippen LogP contribution is 2.15. The molecule has 0 radical (unpaired) electrons. The van der Waals surface area contributed by atoms with E-state index in [1.54, 1.807) is 31.3 Å². The molecule has 0 atom stereocenters. The minimum Gasteiger partial charge on any atom is -0.492 e. The molecule has 0 aliphatic heterocycles. The monoisotopic (exact) mass is 375 g/mol. The van der Waals surface area contributed by atoms with Crippen molar-refractivity contribution in [3.05, 3.63) is 52.2 Å². The first-order chi connectivity index (χ1) is 12.5. The van der Waals surface area contributed by atoms with Crippen molar-refractivity contribution in [2.24, 2.45) is 7.05 Å². The van der Waals surface area contributed by atoms with Gasteiger partial charge in [0.25, 0.3) is 5.56 Å². The van der Waals surface area contributed by atoms with Crippen LogP contribution in [0.3, 0.4) is 0 Å². The molecule has 0 bridgehead atoms. The summed E-state index contributed by atoms with van der Waals surface area (Å²) in [4.78, 5) is 28.4. The van der Waals surface area contributed by atoms with Gasteiger partial charge in [0.2, 0.25) is 5.91 Å². The van der Waals surface area contributed by atoms with Crippen LogP contribution in [-0.4, -0.2) is 38.4 Å². The number of ether oxygens (including phenoxy) is 1. The van der Waals surface area contributed by atoms with E-state index in [2.05, 4.69) is 15.4 Å². The third kappa shape index (κ3) is 4.20. The zero-order chi connectivity index (χ0) is 18.5. The molecule has 1 aromatic carbocycles. The van der Waals surface area contributed by atoms with Crippen LogP contribution in [0.25, 0.3) is 11.0 Å². The summed E-state index contributed by atoms with van der Waals surface area (Å²) in [6.07, 6.45) is 3.09. The molecule has 2 heterocycles. The number of fused-ring (bicyclic) bond motifs is 1. The van der Waals surface area contributed by atoms with Gasteiger partial charge in [0, 0.05) is 25.0 Å². The molecule has 26 heavy (non-hydrogen) atoms. The molecule has 1 N–H and O–H groups in total. The number of hydrogen-bond acceptors (Lipinski definition) is 5. The van der Waals surface area contributed by atoms with Crippen LogP contribution in [0.5, 0.6) is 5.75 Å². The summed E-state index contributed by atoms with van der Waals surface area (Å²) in [5.41, 5.74) is 0.317. The lowest BCUT2D eigenvalue weighted by atomic mass is 10.3. The summed E-state index contributed by atoms with van der Waals surface area (Å²) in [6, 6.07) is 7.00. The Morgan fingerprint density at radius 2 is 2.08 bits per heavy atom. The normalized spacial score (nSPS) is 10.8. The molecule has 0 saturated heterocycles. The lowest BCUT2D eigenvalue weighted by Crippen LogP contribution is -2.30. The van der Waals surface area contributed by atoms with Gasteiger partial charge >= 0.3 is 0 Å². The minimum absolute atomic E-state index is 0.164. The van der Waals surface area contributed by atoms with Crippen molar-refractivity contribution in [1.82, 2.24) is 24.6 Å². The van der Waals surface area contributed by atoms with Crippen LogP contribution < -0.4 is 15.6 Å². The lowest BCUT2D eigenvalue weighted by Gasteiger charge is -2.08. The number of halogens is 1. The third-order valence-corrected chi connectivity index (χ3v) is 4.06. The Bertz CT molecular complexity index is 965. The van der Waals surface area contributed by atoms with Crippen LogP contribution in [-0.2, 0) is 18.4 Å². The molecule has 8 nitrogen and oxygen atoms in total. The number of nitrogens with zero attached hydrogens (tertiary/aromatic N) is 4. The Labute approximate surface area is 154 Å². The Morgan fingerprint density at radius 1 is 1.31 bits per heavy atom. The third-order valence-electron chi connectivity index (χ3n) is 3.80. The fraction of sp³-hybridized carbons (Fsp3) is 0.294. The molecule has 0 fully saturated rings. The number of hydrogen-bond donors (Lipinski definition) is 1. The second kappa shape index (κ2) is 8.01. The second-order valence-corrected chi connectivity index (χ2v) is 6.09. The number of aryl methyl sites for hydroxylation is 2. The molecule has 0 aliphatic carbocycles. The van der Waals surface area contributed by atoms with Crippen LogP contribution in [0.4, 0.5) is 0 Å². The molecule has 3 aromatic rings. The molecule has 2 aromatic heterocycles. The van der Waals surface area contributed by atoms with E-state index >= 15 is 0 Å². The second-order valence-electron chi connectivity index (χ2n) is 5.65. The van der Waals surface area contributed by atoms with Crippen molar-refractivity contribution in [2.45, 2.75) is 13.0 Å². The van der Waals surface area contributed by atoms with E-state index < -0.39 is 0 Å². The number of aromatic nitrogens is 4. The van der Waals surface area contributed by atoms with Crippen molar-refractivity contribution < 1.29 is 9.53 Å². The molecule has 0 unspecified atom stereocenters. The van der Waals surface area contributed by atoms with Crippen molar-refractivity contribution in [3.8, 4) is 5.75 Å². The van der Waals surface area contributed by atoms with Crippen LogP contribution in [0.15, 0.2) is 41.6 Å². The van der Waals surface area contributed by atoms with Crippen molar-refractivity contribution in [3.63, 3.8) is 0 Å². The number of carbonyl (C=O) groups is 1. The van der Waals surface area contributed by atoms with Crippen LogP contribution in [0.2, 0.25) is 5.02 Å². The highest BCUT2D eigenvalue weighted by atomic mass is 35.5. The van der Waals surface area contributed by atoms with E-state index in [4.69, 9.17) is 16.3 Å². The quantitative estimate of drug-likeness (QED) is 0.630. The summed E-state index contributed by atoms with van der Waals surface area (Å²) >= 11 is 5.80. The van der Waals surface area contributed by atoms with Gasteiger partial charge in [-0.3, -0.25) is 18.8 Å². The predicted octanol–water partition coefficient (Wildman–Crippen LogP) is 1.37. The molecule has 136 valence electrons. The maximum Gasteiger partial charge on any atom is 0.264 e. The van der Waals surface area contributed by atoms with E-state index in [1.165, 1.54) is 21.8 Å². The average molecular weight is 376 g/mol. The summed E-state index contributed by atoms with van der Waals surface area (Å²) in [7, 11) is 1.72. The Balaban J connectivity index is 1.45. The molecule has 0 saturated carbocycles. The maximum atomic E-state index is 12.3. The maximum absolute atomic E-state index is 12.3. The average Bonchev–Trinajstić information content (AvgIpc) is 3.01. The molecule has 1 amide bonds. The summed E-state index contributed by atoms with van der Waals surface area (Å²) in [5.74, 6) is 0.522. The van der Waals surface area contributed by atoms with E-state index in [-0.39, 0.29) is 24.4 Å². The number of benzene rings is 1. The van der Waals surface area contributed by atoms with E-state index in [1.807, 2.05) is 0 Å². The predicted molar refractivity (Wildman–Crippen MR) is 97.3 cm³/mol. The van der Waals surface area contributed by atoms with Gasteiger partial charge in [-0.15, -0.1) is 0 Å². The SMILES string of the molecule is Cn1ncc2c(=O)n(CCC(=O)NCCOc3ccc(Cl)cc3)cnc21. The van der Waals surface area contributed by atoms with Crippen LogP contribution in [0, 0.1) is 0 Å². The lowest BCUT2D eigenvalue weighted by molar-refractivity contribution is -0.121. The van der Waals surface area contributed by atoms with Gasteiger partial charge in [-0.1, -0.05) is 11.6 Å². The van der Waals surface area contributed by atoms with Gasteiger partial charge in [-0.25, -0.2) is 4.98 Å². The molecule has 0 spiro atoms. The summed E-state index contributed by atoms with van der Waals surface area (Å²) in [5, 5.41) is 7.84. The van der Waals surface area contributed by atoms with Gasteiger partial charge in [-0.05, 0) is 24.3 Å². The van der Waals surface area contributed by atoms with Crippen molar-refractivity contribution in [2.75, 3.05) is 13.2 Å². The van der Waals surface area contributed by atoms with E-state index in [0.29, 0.717) is 35.0 Å². The first-order valence-corrected chi connectivity index (χ1v) is 8.44. The minimum atomic E-state index is -0.207. The zero-order valence-electron chi connectivity index (χ0n) is 14.2. The number of nitrogens with one attached hydrogen (secondary N) is 1. The molecular formula is C17H18ClN5O3. The van der Waals surface area contributed by atoms with Crippen LogP contribution >= 0.6 is 11.6 Å². The van der Waals surface area contributed by atoms with Crippen molar-refractivity contribution in [1.29, 1.82) is 0 Å². The fourth-order valence-corrected chi connectivity index (χ4v) is 2.55. The number of carbonyl (C=O) groups excluding carboxylic acids is 1. The molecule has 0 aliphatic rings. The van der Waals surface area contributed by atoms with Gasteiger partial charge in [0.1, 0.15) is 17.7 Å². The smallest absolute Gasteiger partial charge is 0.264 e. The van der Waals surface area contributed by atoms with E-state index in [0.717, 1.165) is 0 Å². The van der Waals surface area contributed by atoms with Gasteiger partial charge in [0.05, 0.1) is 19.1 Å². The van der Waals surface area contributed by atoms with Crippen LogP contribution in [0.1, 0.15) is 6.42 Å².